The van der Waals surface area contributed by atoms with Gasteiger partial charge >= 0.3 is 0 Å². The van der Waals surface area contributed by atoms with E-state index in [9.17, 15) is 4.79 Å². The monoisotopic (exact) mass is 282 g/mol. The van der Waals surface area contributed by atoms with Crippen LogP contribution in [0.3, 0.4) is 0 Å². The Morgan fingerprint density at radius 3 is 2.58 bits per heavy atom. The van der Waals surface area contributed by atoms with Crippen LogP contribution in [0.2, 0.25) is 0 Å². The van der Waals surface area contributed by atoms with Crippen molar-refractivity contribution in [3.8, 4) is 0 Å². The molecule has 1 amide bonds. The molecule has 1 fully saturated rings. The van der Waals surface area contributed by atoms with Crippen molar-refractivity contribution >= 4 is 18.3 Å². The first kappa shape index (κ1) is 16.0. The van der Waals surface area contributed by atoms with Crippen LogP contribution in [-0.2, 0) is 4.79 Å². The number of piperidine rings is 1. The van der Waals surface area contributed by atoms with Gasteiger partial charge in [-0.1, -0.05) is 36.2 Å². The third-order valence-corrected chi connectivity index (χ3v) is 3.56. The predicted octanol–water partition coefficient (Wildman–Crippen LogP) is 2.74. The topological polar surface area (TPSA) is 41.1 Å². The molecule has 1 heterocycles. The van der Waals surface area contributed by atoms with Gasteiger partial charge in [0.05, 0.1) is 12.1 Å². The van der Waals surface area contributed by atoms with Gasteiger partial charge in [-0.2, -0.15) is 0 Å². The molecule has 0 aliphatic carbocycles. The maximum absolute atomic E-state index is 12.1. The van der Waals surface area contributed by atoms with E-state index in [2.05, 4.69) is 41.8 Å². The minimum atomic E-state index is -0.00773. The summed E-state index contributed by atoms with van der Waals surface area (Å²) in [4.78, 5) is 12.1. The molecule has 19 heavy (non-hydrogen) atoms. The van der Waals surface area contributed by atoms with Gasteiger partial charge in [0, 0.05) is 0 Å². The highest BCUT2D eigenvalue weighted by atomic mass is 35.5. The molecule has 1 aromatic carbocycles. The molecule has 0 spiro atoms. The van der Waals surface area contributed by atoms with Gasteiger partial charge in [-0.15, -0.1) is 12.4 Å². The zero-order chi connectivity index (χ0) is 13.0. The number of hydrogen-bond donors (Lipinski definition) is 2. The first-order valence-corrected chi connectivity index (χ1v) is 6.77. The van der Waals surface area contributed by atoms with Crippen molar-refractivity contribution in [1.82, 2.24) is 10.6 Å². The fourth-order valence-corrected chi connectivity index (χ4v) is 2.33. The van der Waals surface area contributed by atoms with E-state index in [1.807, 2.05) is 6.92 Å². The number of rotatable bonds is 3. The number of nitrogens with one attached hydrogen (secondary N) is 2. The molecule has 4 heteroatoms. The SMILES string of the molecule is Cc1ccc(C(C)NC(=O)C2CCCCN2)cc1.Cl. The van der Waals surface area contributed by atoms with Crippen LogP contribution in [0.5, 0.6) is 0 Å². The molecule has 2 rings (SSSR count). The van der Waals surface area contributed by atoms with E-state index in [0.29, 0.717) is 0 Å². The number of carbonyl (C=O) groups excluding carboxylic acids is 1. The van der Waals surface area contributed by atoms with E-state index in [1.165, 1.54) is 12.0 Å². The molecule has 3 nitrogen and oxygen atoms in total. The summed E-state index contributed by atoms with van der Waals surface area (Å²) >= 11 is 0. The molecule has 1 saturated heterocycles. The second kappa shape index (κ2) is 7.51. The molecule has 1 aromatic rings. The molecule has 0 radical (unpaired) electrons. The molecule has 106 valence electrons. The van der Waals surface area contributed by atoms with Crippen LogP contribution in [0.1, 0.15) is 43.4 Å². The molecule has 0 aromatic heterocycles. The first-order valence-electron chi connectivity index (χ1n) is 6.77. The Morgan fingerprint density at radius 1 is 1.32 bits per heavy atom. The minimum absolute atomic E-state index is 0. The quantitative estimate of drug-likeness (QED) is 0.895. The van der Waals surface area contributed by atoms with Gasteiger partial charge in [-0.05, 0) is 38.8 Å². The lowest BCUT2D eigenvalue weighted by Crippen LogP contribution is -2.47. The maximum Gasteiger partial charge on any atom is 0.237 e. The fraction of sp³-hybridized carbons (Fsp3) is 0.533. The number of amides is 1. The third kappa shape index (κ3) is 4.51. The summed E-state index contributed by atoms with van der Waals surface area (Å²) in [6, 6.07) is 8.38. The molecular formula is C15H23ClN2O. The number of hydrogen-bond acceptors (Lipinski definition) is 2. The Kier molecular flexibility index (Phi) is 6.32. The zero-order valence-corrected chi connectivity index (χ0v) is 12.4. The second-order valence-electron chi connectivity index (χ2n) is 5.14. The van der Waals surface area contributed by atoms with Crippen molar-refractivity contribution in [1.29, 1.82) is 0 Å². The van der Waals surface area contributed by atoms with Crippen molar-refractivity contribution in [2.24, 2.45) is 0 Å². The second-order valence-corrected chi connectivity index (χ2v) is 5.14. The van der Waals surface area contributed by atoms with Crippen LogP contribution < -0.4 is 10.6 Å². The first-order chi connectivity index (χ1) is 8.66. The number of carbonyl (C=O) groups is 1. The Morgan fingerprint density at radius 2 is 2.00 bits per heavy atom. The van der Waals surface area contributed by atoms with Crippen molar-refractivity contribution in [3.63, 3.8) is 0 Å². The third-order valence-electron chi connectivity index (χ3n) is 3.56. The average molecular weight is 283 g/mol. The van der Waals surface area contributed by atoms with Crippen molar-refractivity contribution in [3.05, 3.63) is 35.4 Å². The largest absolute Gasteiger partial charge is 0.348 e. The van der Waals surface area contributed by atoms with Crippen LogP contribution in [0, 0.1) is 6.92 Å². The zero-order valence-electron chi connectivity index (χ0n) is 11.6. The Bertz CT molecular complexity index is 399. The van der Waals surface area contributed by atoms with E-state index >= 15 is 0 Å². The van der Waals surface area contributed by atoms with Gasteiger partial charge in [-0.25, -0.2) is 0 Å². The molecule has 0 saturated carbocycles. The normalized spacial score (nSPS) is 20.2. The van der Waals surface area contributed by atoms with Crippen molar-refractivity contribution in [2.45, 2.75) is 45.2 Å². The predicted molar refractivity (Wildman–Crippen MR) is 80.6 cm³/mol. The molecule has 2 atom stereocenters. The summed E-state index contributed by atoms with van der Waals surface area (Å²) in [5.41, 5.74) is 2.40. The van der Waals surface area contributed by atoms with E-state index < -0.39 is 0 Å². The van der Waals surface area contributed by atoms with E-state index in [4.69, 9.17) is 0 Å². The maximum atomic E-state index is 12.1. The molecule has 1 aliphatic heterocycles. The lowest BCUT2D eigenvalue weighted by atomic mass is 10.0. The summed E-state index contributed by atoms with van der Waals surface area (Å²) in [6.07, 6.45) is 3.27. The Labute approximate surface area is 121 Å². The minimum Gasteiger partial charge on any atom is -0.348 e. The van der Waals surface area contributed by atoms with Gasteiger partial charge in [0.15, 0.2) is 0 Å². The average Bonchev–Trinajstić information content (AvgIpc) is 2.40. The highest BCUT2D eigenvalue weighted by molar-refractivity contribution is 5.85. The summed E-state index contributed by atoms with van der Waals surface area (Å²) in [5.74, 6) is 0.128. The highest BCUT2D eigenvalue weighted by Crippen LogP contribution is 2.14. The number of aryl methyl sites for hydroxylation is 1. The van der Waals surface area contributed by atoms with Crippen molar-refractivity contribution < 1.29 is 4.79 Å². The van der Waals surface area contributed by atoms with Crippen molar-refractivity contribution in [2.75, 3.05) is 6.54 Å². The summed E-state index contributed by atoms with van der Waals surface area (Å²) in [5, 5.41) is 6.36. The lowest BCUT2D eigenvalue weighted by molar-refractivity contribution is -0.124. The van der Waals surface area contributed by atoms with Gasteiger partial charge in [0.2, 0.25) is 5.91 Å². The Hall–Kier alpha value is -1.06. The molecule has 0 bridgehead atoms. The lowest BCUT2D eigenvalue weighted by Gasteiger charge is -2.24. The number of halogens is 1. The Balaban J connectivity index is 0.00000180. The van der Waals surface area contributed by atoms with Crippen LogP contribution >= 0.6 is 12.4 Å². The van der Waals surface area contributed by atoms with Gasteiger partial charge in [-0.3, -0.25) is 4.79 Å². The highest BCUT2D eigenvalue weighted by Gasteiger charge is 2.21. The summed E-state index contributed by atoms with van der Waals surface area (Å²) in [6.45, 7) is 5.06. The van der Waals surface area contributed by atoms with E-state index in [1.54, 1.807) is 0 Å². The van der Waals surface area contributed by atoms with Crippen LogP contribution in [0.15, 0.2) is 24.3 Å². The van der Waals surface area contributed by atoms with Crippen LogP contribution in [0.25, 0.3) is 0 Å². The molecule has 2 unspecified atom stereocenters. The van der Waals surface area contributed by atoms with E-state index in [-0.39, 0.29) is 30.4 Å². The smallest absolute Gasteiger partial charge is 0.237 e. The molecule has 1 aliphatic rings. The molecular weight excluding hydrogens is 260 g/mol. The van der Waals surface area contributed by atoms with Gasteiger partial charge in [0.25, 0.3) is 0 Å². The van der Waals surface area contributed by atoms with Gasteiger partial charge in [0.1, 0.15) is 0 Å². The van der Waals surface area contributed by atoms with Crippen LogP contribution in [0.4, 0.5) is 0 Å². The summed E-state index contributed by atoms with van der Waals surface area (Å²) in [7, 11) is 0. The number of benzene rings is 1. The fourth-order valence-electron chi connectivity index (χ4n) is 2.33. The standard InChI is InChI=1S/C15H22N2O.ClH/c1-11-6-8-13(9-7-11)12(2)17-15(18)14-5-3-4-10-16-14;/h6-9,12,14,16H,3-5,10H2,1-2H3,(H,17,18);1H. The molecule has 2 N–H and O–H groups in total. The van der Waals surface area contributed by atoms with Gasteiger partial charge < -0.3 is 10.6 Å². The van der Waals surface area contributed by atoms with E-state index in [0.717, 1.165) is 24.9 Å². The summed E-state index contributed by atoms with van der Waals surface area (Å²) < 4.78 is 0. The van der Waals surface area contributed by atoms with Crippen LogP contribution in [-0.4, -0.2) is 18.5 Å².